The second-order valence-electron chi connectivity index (χ2n) is 0. The first-order valence-electron chi connectivity index (χ1n) is 0. The summed E-state index contributed by atoms with van der Waals surface area (Å²) in [6, 6.07) is 0. The summed E-state index contributed by atoms with van der Waals surface area (Å²) in [6.45, 7) is 0. The van der Waals surface area contributed by atoms with Crippen molar-refractivity contribution in [2.24, 2.45) is 0 Å². The van der Waals surface area contributed by atoms with Crippen molar-refractivity contribution in [3.8, 4) is 0 Å². The Balaban J connectivity index is 0. The molecule has 0 aliphatic carbocycles. The van der Waals surface area contributed by atoms with E-state index in [-0.39, 0.29) is 286 Å². The van der Waals surface area contributed by atoms with Crippen molar-refractivity contribution in [2.45, 2.75) is 0 Å². The van der Waals surface area contributed by atoms with Crippen LogP contribution in [0.1, 0.15) is 0 Å². The Morgan fingerprint density at radius 1 is 0.222 bits per heavy atom. The van der Waals surface area contributed by atoms with E-state index < -0.39 is 0 Å². The minimum atomic E-state index is 0. The van der Waals surface area contributed by atoms with Crippen LogP contribution in [0.4, 0.5) is 0 Å². The molecule has 0 spiro atoms. The van der Waals surface area contributed by atoms with E-state index in [0.717, 1.165) is 0 Å². The maximum Gasteiger partial charge on any atom is 0 e. The maximum absolute atomic E-state index is 0. The van der Waals surface area contributed by atoms with Gasteiger partial charge in [0.15, 0.2) is 0 Å². The summed E-state index contributed by atoms with van der Waals surface area (Å²) < 4.78 is 0. The quantitative estimate of drug-likeness (QED) is 0.249. The largest absolute Gasteiger partial charge is 0 e. The van der Waals surface area contributed by atoms with Crippen LogP contribution in [0.25, 0.3) is 0 Å². The first kappa shape index (κ1) is 62.5. The van der Waals surface area contributed by atoms with Crippen molar-refractivity contribution in [1.82, 2.24) is 0 Å². The third-order valence-electron chi connectivity index (χ3n) is 0. The van der Waals surface area contributed by atoms with E-state index in [4.69, 9.17) is 0 Å². The molecule has 63 valence electrons. The molecule has 0 bridgehead atoms. The Kier molecular flexibility index (Phi) is 366. The van der Waals surface area contributed by atoms with Gasteiger partial charge in [0.1, 0.15) is 0 Å². The van der Waals surface area contributed by atoms with Crippen LogP contribution in [0.15, 0.2) is 0 Å². The summed E-state index contributed by atoms with van der Waals surface area (Å²) in [5.74, 6) is 0. The Bertz CT molecular complexity index is 8.92. The molecular weight excluding hydrogens is 1690 g/mol. The van der Waals surface area contributed by atoms with Gasteiger partial charge in [0.25, 0.3) is 0 Å². The van der Waals surface area contributed by atoms with Crippen molar-refractivity contribution < 1.29 is 149 Å². The van der Waals surface area contributed by atoms with Crippen LogP contribution in [-0.4, -0.2) is 136 Å². The van der Waals surface area contributed by atoms with E-state index in [0.29, 0.717) is 0 Å². The topological polar surface area (TPSA) is 0 Å². The molecule has 9 heavy (non-hydrogen) atoms. The molecule has 5 radical (unpaired) electrons. The average Bonchev–Trinajstić information content (AvgIpc) is 0. The monoisotopic (exact) mass is 1690 g/mol. The predicted octanol–water partition coefficient (Wildman–Crippen LogP) is -1.90. The molecule has 0 atom stereocenters. The molecule has 0 aromatic rings. The van der Waals surface area contributed by atoms with Crippen LogP contribution < -0.4 is 0 Å². The van der Waals surface area contributed by atoms with Gasteiger partial charge in [-0.05, 0) is 0 Å². The second kappa shape index (κ2) is 52.6. The Morgan fingerprint density at radius 2 is 0.222 bits per heavy atom. The zero-order valence-electron chi connectivity index (χ0n) is 4.04. The molecule has 0 N–H and O–H groups in total. The average molecular weight is 1690 g/mol. The van der Waals surface area contributed by atoms with Gasteiger partial charge in [0, 0.05) is 286 Å². The predicted molar refractivity (Wildman–Crippen MR) is 28.8 cm³/mol. The van der Waals surface area contributed by atoms with Gasteiger partial charge in [-0.1, -0.05) is 0 Å². The number of rotatable bonds is 0. The maximum atomic E-state index is 0. The van der Waals surface area contributed by atoms with Crippen LogP contribution in [0, 0.1) is 149 Å². The van der Waals surface area contributed by atoms with Crippen molar-refractivity contribution in [1.29, 1.82) is 0 Å². The summed E-state index contributed by atoms with van der Waals surface area (Å²) in [7, 11) is 0. The first-order chi connectivity index (χ1) is 0. The third kappa shape index (κ3) is 46.5. The molecule has 0 aromatic heterocycles. The minimum absolute atomic E-state index is 0. The van der Waals surface area contributed by atoms with Gasteiger partial charge in [-0.15, -0.1) is 0 Å². The molecule has 0 fully saturated rings. The van der Waals surface area contributed by atoms with Crippen LogP contribution >= 0.6 is 0 Å². The summed E-state index contributed by atoms with van der Waals surface area (Å²) in [5, 5.41) is 0. The van der Waals surface area contributed by atoms with Gasteiger partial charge < -0.3 is 0 Å². The fourth-order valence-corrected chi connectivity index (χ4v) is 0. The van der Waals surface area contributed by atoms with Gasteiger partial charge in [-0.25, -0.2) is 0 Å². The molecule has 0 amide bonds. The minimum Gasteiger partial charge on any atom is 0 e. The van der Waals surface area contributed by atoms with E-state index in [1.165, 1.54) is 0 Å². The fraction of sp³-hybridized carbons (Fsp3) is 0. The van der Waals surface area contributed by atoms with E-state index in [9.17, 15) is 0 Å². The van der Waals surface area contributed by atoms with Crippen LogP contribution in [-0.2, 0) is 0 Å². The molecule has 0 nitrogen and oxygen atoms in total. The first-order valence-corrected chi connectivity index (χ1v) is 0. The van der Waals surface area contributed by atoms with Crippen LogP contribution in [0.2, 0.25) is 0 Å². The summed E-state index contributed by atoms with van der Waals surface area (Å²) in [4.78, 5) is 0. The van der Waals surface area contributed by atoms with Crippen molar-refractivity contribution in [2.75, 3.05) is 0 Å². The Hall–Kier alpha value is 9.60. The van der Waals surface area contributed by atoms with Gasteiger partial charge in [-0.2, -0.15) is 0 Å². The molecule has 0 rings (SSSR count). The molecule has 0 aliphatic rings. The van der Waals surface area contributed by atoms with E-state index in [1.54, 1.807) is 0 Å². The van der Waals surface area contributed by atoms with Crippen molar-refractivity contribution >= 4 is 136 Å². The molecule has 0 heterocycles. The zero-order chi connectivity index (χ0) is 0. The van der Waals surface area contributed by atoms with Gasteiger partial charge in [-0.3, -0.25) is 0 Å². The zero-order valence-corrected chi connectivity index (χ0v) is 33.9. The Morgan fingerprint density at radius 3 is 0.222 bits per heavy atom. The summed E-state index contributed by atoms with van der Waals surface area (Å²) in [5.41, 5.74) is 0. The Labute approximate surface area is 276 Å². The van der Waals surface area contributed by atoms with E-state index in [1.807, 2.05) is 0 Å². The smallest absolute Gasteiger partial charge is 0 e. The summed E-state index contributed by atoms with van der Waals surface area (Å²) >= 11 is 0. The van der Waals surface area contributed by atoms with Gasteiger partial charge in [0.05, 0.1) is 0 Å². The normalized spacial score (nSPS) is 0. The summed E-state index contributed by atoms with van der Waals surface area (Å²) in [6.07, 6.45) is 0. The molecule has 0 aromatic carbocycles. The standard InChI is InChI=1S/4Er.5Tl. The molecular formula is Er4Tl5. The number of hydrogen-bond acceptors (Lipinski definition) is 0. The van der Waals surface area contributed by atoms with Crippen molar-refractivity contribution in [3.63, 3.8) is 0 Å². The third-order valence-corrected chi connectivity index (χ3v) is 0. The van der Waals surface area contributed by atoms with E-state index >= 15 is 0 Å². The molecule has 9 heteroatoms. The number of hydrogen-bond donors (Lipinski definition) is 0. The van der Waals surface area contributed by atoms with Crippen molar-refractivity contribution in [3.05, 3.63) is 0 Å². The SMILES string of the molecule is [Er].[Er].[Er].[Er].[Tl].[Tl].[Tl].[Tl].[Tl]. The fourth-order valence-electron chi connectivity index (χ4n) is 0. The van der Waals surface area contributed by atoms with Gasteiger partial charge in [0.2, 0.25) is 0 Å². The molecule has 0 saturated heterocycles. The molecule has 0 saturated carbocycles. The van der Waals surface area contributed by atoms with Crippen LogP contribution in [0.3, 0.4) is 0 Å². The molecule has 0 aliphatic heterocycles. The van der Waals surface area contributed by atoms with Gasteiger partial charge >= 0.3 is 0 Å². The van der Waals surface area contributed by atoms with E-state index in [2.05, 4.69) is 0 Å². The van der Waals surface area contributed by atoms with Crippen LogP contribution in [0.5, 0.6) is 0 Å². The second-order valence-corrected chi connectivity index (χ2v) is 0. The molecule has 0 unspecified atom stereocenters.